The summed E-state index contributed by atoms with van der Waals surface area (Å²) in [7, 11) is 0. The number of rotatable bonds is 4. The minimum absolute atomic E-state index is 0.120. The van der Waals surface area contributed by atoms with Gasteiger partial charge in [0.1, 0.15) is 0 Å². The first-order valence-electron chi connectivity index (χ1n) is 7.06. The van der Waals surface area contributed by atoms with Crippen LogP contribution in [0.3, 0.4) is 0 Å². The molecule has 2 N–H and O–H groups in total. The van der Waals surface area contributed by atoms with Crippen molar-refractivity contribution < 1.29 is 9.90 Å². The highest BCUT2D eigenvalue weighted by molar-refractivity contribution is 6.00. The number of aliphatic hydroxyl groups is 1. The molecule has 2 heterocycles. The highest BCUT2D eigenvalue weighted by Gasteiger charge is 2.33. The molecule has 1 saturated carbocycles. The number of amides is 1. The van der Waals surface area contributed by atoms with Crippen LogP contribution in [0.5, 0.6) is 0 Å². The fourth-order valence-electron chi connectivity index (χ4n) is 2.99. The topological polar surface area (TPSA) is 66.6 Å². The molecular formula is C15H19N3O2. The van der Waals surface area contributed by atoms with E-state index in [0.29, 0.717) is 12.1 Å². The van der Waals surface area contributed by atoms with Crippen molar-refractivity contribution in [3.8, 4) is 0 Å². The average Bonchev–Trinajstić information content (AvgIpc) is 3.12. The Morgan fingerprint density at radius 1 is 1.40 bits per heavy atom. The van der Waals surface area contributed by atoms with Crippen molar-refractivity contribution in [2.24, 2.45) is 5.41 Å². The summed E-state index contributed by atoms with van der Waals surface area (Å²) in [5.41, 5.74) is 1.25. The van der Waals surface area contributed by atoms with Crippen LogP contribution in [0.4, 0.5) is 0 Å². The molecule has 0 aromatic carbocycles. The van der Waals surface area contributed by atoms with E-state index in [1.807, 2.05) is 24.4 Å². The maximum Gasteiger partial charge on any atom is 0.255 e. The molecular weight excluding hydrogens is 254 g/mol. The Bertz CT molecular complexity index is 614. The maximum absolute atomic E-state index is 12.3. The Balaban J connectivity index is 1.73. The lowest BCUT2D eigenvalue weighted by atomic mass is 9.87. The van der Waals surface area contributed by atoms with Crippen molar-refractivity contribution in [2.75, 3.05) is 13.2 Å². The second kappa shape index (κ2) is 5.25. The Hall–Kier alpha value is -1.88. The molecule has 1 amide bonds. The molecule has 0 saturated heterocycles. The summed E-state index contributed by atoms with van der Waals surface area (Å²) in [5, 5.41) is 16.7. The molecule has 0 spiro atoms. The van der Waals surface area contributed by atoms with Crippen LogP contribution in [0, 0.1) is 5.41 Å². The first-order valence-corrected chi connectivity index (χ1v) is 7.06. The van der Waals surface area contributed by atoms with E-state index < -0.39 is 0 Å². The van der Waals surface area contributed by atoms with Gasteiger partial charge in [-0.25, -0.2) is 4.52 Å². The quantitative estimate of drug-likeness (QED) is 0.889. The molecule has 0 bridgehead atoms. The third kappa shape index (κ3) is 2.29. The van der Waals surface area contributed by atoms with Gasteiger partial charge in [0.2, 0.25) is 0 Å². The maximum atomic E-state index is 12.3. The summed E-state index contributed by atoms with van der Waals surface area (Å²) in [6.07, 6.45) is 7.64. The monoisotopic (exact) mass is 273 g/mol. The van der Waals surface area contributed by atoms with Gasteiger partial charge in [0.15, 0.2) is 0 Å². The first kappa shape index (κ1) is 13.1. The minimum atomic E-state index is -0.126. The van der Waals surface area contributed by atoms with Gasteiger partial charge in [-0.1, -0.05) is 18.9 Å². The molecule has 0 atom stereocenters. The van der Waals surface area contributed by atoms with E-state index in [-0.39, 0.29) is 17.9 Å². The van der Waals surface area contributed by atoms with Crippen molar-refractivity contribution in [3.05, 3.63) is 36.2 Å². The van der Waals surface area contributed by atoms with Gasteiger partial charge in [-0.2, -0.15) is 5.10 Å². The zero-order chi connectivity index (χ0) is 14.0. The van der Waals surface area contributed by atoms with Crippen molar-refractivity contribution >= 4 is 11.4 Å². The number of aliphatic hydroxyl groups excluding tert-OH is 1. The Morgan fingerprint density at radius 2 is 2.20 bits per heavy atom. The highest BCUT2D eigenvalue weighted by Crippen LogP contribution is 2.36. The molecule has 0 aliphatic heterocycles. The number of carbonyl (C=O) groups is 1. The minimum Gasteiger partial charge on any atom is -0.396 e. The smallest absolute Gasteiger partial charge is 0.255 e. The van der Waals surface area contributed by atoms with Gasteiger partial charge in [0.25, 0.3) is 5.91 Å². The predicted molar refractivity (Wildman–Crippen MR) is 75.5 cm³/mol. The van der Waals surface area contributed by atoms with Crippen LogP contribution in [0.1, 0.15) is 36.0 Å². The predicted octanol–water partition coefficient (Wildman–Crippen LogP) is 1.62. The fourth-order valence-corrected chi connectivity index (χ4v) is 2.99. The fraction of sp³-hybridized carbons (Fsp3) is 0.467. The van der Waals surface area contributed by atoms with E-state index in [0.717, 1.165) is 31.2 Å². The highest BCUT2D eigenvalue weighted by atomic mass is 16.3. The van der Waals surface area contributed by atoms with Gasteiger partial charge in [0.05, 0.1) is 23.9 Å². The SMILES string of the molecule is O=C(NCC1(CO)CCCC1)c1cnn2ccccc12. The van der Waals surface area contributed by atoms with Crippen LogP contribution >= 0.6 is 0 Å². The molecule has 0 radical (unpaired) electrons. The molecule has 20 heavy (non-hydrogen) atoms. The standard InChI is InChI=1S/C15H19N3O2/c19-11-15(6-2-3-7-15)10-16-14(20)12-9-17-18-8-4-1-5-13(12)18/h1,4-5,8-9,19H,2-3,6-7,10-11H2,(H,16,20). The van der Waals surface area contributed by atoms with E-state index in [9.17, 15) is 9.90 Å². The summed E-state index contributed by atoms with van der Waals surface area (Å²) in [6.45, 7) is 0.675. The lowest BCUT2D eigenvalue weighted by Gasteiger charge is -2.26. The van der Waals surface area contributed by atoms with Crippen molar-refractivity contribution in [1.82, 2.24) is 14.9 Å². The number of fused-ring (bicyclic) bond motifs is 1. The molecule has 1 fully saturated rings. The Kier molecular flexibility index (Phi) is 3.44. The molecule has 2 aromatic rings. The van der Waals surface area contributed by atoms with Crippen molar-refractivity contribution in [2.45, 2.75) is 25.7 Å². The molecule has 5 nitrogen and oxygen atoms in total. The van der Waals surface area contributed by atoms with Gasteiger partial charge in [0, 0.05) is 18.2 Å². The third-order valence-corrected chi connectivity index (χ3v) is 4.29. The second-order valence-corrected chi connectivity index (χ2v) is 5.64. The Morgan fingerprint density at radius 3 is 2.95 bits per heavy atom. The van der Waals surface area contributed by atoms with Crippen molar-refractivity contribution in [1.29, 1.82) is 0 Å². The summed E-state index contributed by atoms with van der Waals surface area (Å²) >= 11 is 0. The number of aromatic nitrogens is 2. The largest absolute Gasteiger partial charge is 0.396 e. The van der Waals surface area contributed by atoms with Crippen LogP contribution in [-0.2, 0) is 0 Å². The van der Waals surface area contributed by atoms with Gasteiger partial charge >= 0.3 is 0 Å². The van der Waals surface area contributed by atoms with Crippen LogP contribution in [-0.4, -0.2) is 33.8 Å². The second-order valence-electron chi connectivity index (χ2n) is 5.64. The normalized spacial score (nSPS) is 17.4. The number of carbonyl (C=O) groups excluding carboxylic acids is 1. The lowest BCUT2D eigenvalue weighted by Crippen LogP contribution is -2.38. The molecule has 3 rings (SSSR count). The van der Waals surface area contributed by atoms with Gasteiger partial charge in [-0.05, 0) is 25.0 Å². The number of hydrogen-bond donors (Lipinski definition) is 2. The van der Waals surface area contributed by atoms with Gasteiger partial charge in [-0.15, -0.1) is 0 Å². The van der Waals surface area contributed by atoms with Crippen LogP contribution < -0.4 is 5.32 Å². The summed E-state index contributed by atoms with van der Waals surface area (Å²) < 4.78 is 1.69. The van der Waals surface area contributed by atoms with E-state index in [2.05, 4.69) is 10.4 Å². The zero-order valence-electron chi connectivity index (χ0n) is 11.4. The van der Waals surface area contributed by atoms with Crippen LogP contribution in [0.15, 0.2) is 30.6 Å². The molecule has 2 aromatic heterocycles. The zero-order valence-corrected chi connectivity index (χ0v) is 11.4. The molecule has 0 unspecified atom stereocenters. The lowest BCUT2D eigenvalue weighted by molar-refractivity contribution is 0.0882. The molecule has 106 valence electrons. The molecule has 1 aliphatic rings. The van der Waals surface area contributed by atoms with E-state index in [1.165, 1.54) is 0 Å². The third-order valence-electron chi connectivity index (χ3n) is 4.29. The number of hydrogen-bond acceptors (Lipinski definition) is 3. The average molecular weight is 273 g/mol. The van der Waals surface area contributed by atoms with Gasteiger partial charge in [-0.3, -0.25) is 4.79 Å². The van der Waals surface area contributed by atoms with E-state index in [1.54, 1.807) is 10.7 Å². The van der Waals surface area contributed by atoms with Crippen LogP contribution in [0.2, 0.25) is 0 Å². The summed E-state index contributed by atoms with van der Waals surface area (Å²) in [6, 6.07) is 5.64. The van der Waals surface area contributed by atoms with Crippen LogP contribution in [0.25, 0.3) is 5.52 Å². The van der Waals surface area contributed by atoms with E-state index in [4.69, 9.17) is 0 Å². The summed E-state index contributed by atoms with van der Waals surface area (Å²) in [4.78, 5) is 12.3. The van der Waals surface area contributed by atoms with Crippen molar-refractivity contribution in [3.63, 3.8) is 0 Å². The Labute approximate surface area is 117 Å². The molecule has 5 heteroatoms. The number of nitrogens with one attached hydrogen (secondary N) is 1. The molecule has 1 aliphatic carbocycles. The number of nitrogens with zero attached hydrogens (tertiary/aromatic N) is 2. The number of pyridine rings is 1. The van der Waals surface area contributed by atoms with E-state index >= 15 is 0 Å². The first-order chi connectivity index (χ1) is 9.74. The summed E-state index contributed by atoms with van der Waals surface area (Å²) in [5.74, 6) is -0.120. The van der Waals surface area contributed by atoms with Gasteiger partial charge < -0.3 is 10.4 Å².